The Morgan fingerprint density at radius 1 is 1.46 bits per heavy atom. The van der Waals surface area contributed by atoms with Crippen molar-refractivity contribution in [3.05, 3.63) is 18.5 Å². The van der Waals surface area contributed by atoms with Crippen LogP contribution in [0, 0.1) is 0 Å². The third-order valence-electron chi connectivity index (χ3n) is 1.95. The number of nitrogens with two attached hydrogens (primary N) is 1. The summed E-state index contributed by atoms with van der Waals surface area (Å²) in [6, 6.07) is 1.90. The van der Waals surface area contributed by atoms with Crippen LogP contribution in [0.15, 0.2) is 18.5 Å². The Morgan fingerprint density at radius 3 is 3.00 bits per heavy atom. The van der Waals surface area contributed by atoms with E-state index in [9.17, 15) is 0 Å². The van der Waals surface area contributed by atoms with E-state index in [1.54, 1.807) is 12.4 Å². The second-order valence-corrected chi connectivity index (χ2v) is 3.10. The van der Waals surface area contributed by atoms with Crippen LogP contribution in [0.1, 0.15) is 26.2 Å². The summed E-state index contributed by atoms with van der Waals surface area (Å²) in [6.45, 7) is 3.18. The van der Waals surface area contributed by atoms with Crippen molar-refractivity contribution < 1.29 is 0 Å². The zero-order chi connectivity index (χ0) is 9.52. The fraction of sp³-hybridized carbons (Fsp3) is 0.500. The van der Waals surface area contributed by atoms with Gasteiger partial charge in [0, 0.05) is 12.7 Å². The summed E-state index contributed by atoms with van der Waals surface area (Å²) in [4.78, 5) is 3.92. The molecule has 13 heavy (non-hydrogen) atoms. The molecule has 1 heterocycles. The highest BCUT2D eigenvalue weighted by atomic mass is 14.9. The van der Waals surface area contributed by atoms with Crippen molar-refractivity contribution in [1.82, 2.24) is 4.98 Å². The molecular formula is C10H17N3. The second-order valence-electron chi connectivity index (χ2n) is 3.10. The Kier molecular flexibility index (Phi) is 4.09. The number of pyridine rings is 1. The fourth-order valence-corrected chi connectivity index (χ4v) is 1.17. The zero-order valence-corrected chi connectivity index (χ0v) is 8.09. The summed E-state index contributed by atoms with van der Waals surface area (Å²) in [5.74, 6) is 0. The summed E-state index contributed by atoms with van der Waals surface area (Å²) in [7, 11) is 0. The van der Waals surface area contributed by atoms with Crippen LogP contribution < -0.4 is 11.1 Å². The van der Waals surface area contributed by atoms with Gasteiger partial charge in [-0.25, -0.2) is 0 Å². The highest BCUT2D eigenvalue weighted by Gasteiger charge is 1.95. The first-order valence-corrected chi connectivity index (χ1v) is 4.78. The Morgan fingerprint density at radius 2 is 2.31 bits per heavy atom. The first-order chi connectivity index (χ1) is 6.34. The van der Waals surface area contributed by atoms with Crippen molar-refractivity contribution in [3.8, 4) is 0 Å². The molecule has 0 unspecified atom stereocenters. The van der Waals surface area contributed by atoms with E-state index < -0.39 is 0 Å². The summed E-state index contributed by atoms with van der Waals surface area (Å²) in [5.41, 5.74) is 7.42. The molecule has 3 N–H and O–H groups in total. The predicted octanol–water partition coefficient (Wildman–Crippen LogP) is 2.27. The molecule has 0 fully saturated rings. The minimum Gasteiger partial charge on any atom is -0.396 e. The van der Waals surface area contributed by atoms with E-state index in [1.165, 1.54) is 19.3 Å². The molecule has 3 heteroatoms. The maximum atomic E-state index is 5.71. The zero-order valence-electron chi connectivity index (χ0n) is 8.09. The third-order valence-corrected chi connectivity index (χ3v) is 1.95. The second kappa shape index (κ2) is 5.41. The molecule has 0 spiro atoms. The lowest BCUT2D eigenvalue weighted by atomic mass is 10.2. The standard InChI is InChI=1S/C10H17N3/c1-2-3-4-6-13-10-5-7-12-8-9(10)11/h5,7-8H,2-4,6,11H2,1H3,(H,12,13). The molecule has 0 saturated carbocycles. The molecule has 0 aliphatic carbocycles. The summed E-state index contributed by atoms with van der Waals surface area (Å²) in [6.07, 6.45) is 7.12. The maximum absolute atomic E-state index is 5.71. The molecule has 0 atom stereocenters. The highest BCUT2D eigenvalue weighted by Crippen LogP contribution is 2.14. The summed E-state index contributed by atoms with van der Waals surface area (Å²) >= 11 is 0. The van der Waals surface area contributed by atoms with E-state index in [-0.39, 0.29) is 0 Å². The van der Waals surface area contributed by atoms with Crippen LogP contribution >= 0.6 is 0 Å². The fourth-order valence-electron chi connectivity index (χ4n) is 1.17. The van der Waals surface area contributed by atoms with Gasteiger partial charge in [-0.05, 0) is 12.5 Å². The van der Waals surface area contributed by atoms with Crippen LogP contribution in [-0.2, 0) is 0 Å². The normalized spacial score (nSPS) is 9.92. The van der Waals surface area contributed by atoms with E-state index >= 15 is 0 Å². The van der Waals surface area contributed by atoms with Gasteiger partial charge < -0.3 is 11.1 Å². The molecule has 1 aromatic heterocycles. The minimum atomic E-state index is 0.721. The average Bonchev–Trinajstić information content (AvgIpc) is 2.15. The van der Waals surface area contributed by atoms with Gasteiger partial charge in [0.1, 0.15) is 0 Å². The van der Waals surface area contributed by atoms with Crippen molar-refractivity contribution in [2.45, 2.75) is 26.2 Å². The number of unbranched alkanes of at least 4 members (excludes halogenated alkanes) is 2. The predicted molar refractivity (Wildman–Crippen MR) is 56.7 cm³/mol. The molecule has 0 radical (unpaired) electrons. The number of anilines is 2. The number of rotatable bonds is 5. The molecule has 72 valence electrons. The topological polar surface area (TPSA) is 50.9 Å². The minimum absolute atomic E-state index is 0.721. The van der Waals surface area contributed by atoms with Crippen molar-refractivity contribution in [3.63, 3.8) is 0 Å². The van der Waals surface area contributed by atoms with Crippen molar-refractivity contribution >= 4 is 11.4 Å². The van der Waals surface area contributed by atoms with Gasteiger partial charge >= 0.3 is 0 Å². The molecule has 3 nitrogen and oxygen atoms in total. The monoisotopic (exact) mass is 179 g/mol. The number of nitrogens with zero attached hydrogens (tertiary/aromatic N) is 1. The van der Waals surface area contributed by atoms with Crippen molar-refractivity contribution in [2.75, 3.05) is 17.6 Å². The quantitative estimate of drug-likeness (QED) is 0.682. The van der Waals surface area contributed by atoms with Crippen LogP contribution in [-0.4, -0.2) is 11.5 Å². The number of nitrogens with one attached hydrogen (secondary N) is 1. The van der Waals surface area contributed by atoms with Gasteiger partial charge in [-0.1, -0.05) is 19.8 Å². The number of nitrogen functional groups attached to an aromatic ring is 1. The molecular weight excluding hydrogens is 162 g/mol. The van der Waals surface area contributed by atoms with Crippen LogP contribution in [0.2, 0.25) is 0 Å². The number of hydrogen-bond acceptors (Lipinski definition) is 3. The lowest BCUT2D eigenvalue weighted by Crippen LogP contribution is -2.04. The Balaban J connectivity index is 2.32. The highest BCUT2D eigenvalue weighted by molar-refractivity contribution is 5.63. The molecule has 0 saturated heterocycles. The van der Waals surface area contributed by atoms with Gasteiger partial charge in [0.25, 0.3) is 0 Å². The first-order valence-electron chi connectivity index (χ1n) is 4.78. The average molecular weight is 179 g/mol. The molecule has 1 rings (SSSR count). The van der Waals surface area contributed by atoms with Gasteiger partial charge in [-0.3, -0.25) is 4.98 Å². The lowest BCUT2D eigenvalue weighted by Gasteiger charge is -2.07. The number of hydrogen-bond donors (Lipinski definition) is 2. The van der Waals surface area contributed by atoms with E-state index in [2.05, 4.69) is 17.2 Å². The molecule has 0 aromatic carbocycles. The van der Waals surface area contributed by atoms with Gasteiger partial charge in [0.2, 0.25) is 0 Å². The van der Waals surface area contributed by atoms with Gasteiger partial charge in [0.05, 0.1) is 17.6 Å². The van der Waals surface area contributed by atoms with E-state index in [4.69, 9.17) is 5.73 Å². The SMILES string of the molecule is CCCCCNc1ccncc1N. The van der Waals surface area contributed by atoms with Crippen molar-refractivity contribution in [1.29, 1.82) is 0 Å². The molecule has 0 amide bonds. The molecule has 0 bridgehead atoms. The van der Waals surface area contributed by atoms with Gasteiger partial charge in [0.15, 0.2) is 0 Å². The Hall–Kier alpha value is -1.25. The largest absolute Gasteiger partial charge is 0.396 e. The van der Waals surface area contributed by atoms with E-state index in [0.717, 1.165) is 17.9 Å². The summed E-state index contributed by atoms with van der Waals surface area (Å²) < 4.78 is 0. The third kappa shape index (κ3) is 3.32. The van der Waals surface area contributed by atoms with E-state index in [0.29, 0.717) is 0 Å². The Labute approximate surface area is 79.4 Å². The van der Waals surface area contributed by atoms with Crippen molar-refractivity contribution in [2.24, 2.45) is 0 Å². The number of aromatic nitrogens is 1. The molecule has 0 aliphatic rings. The lowest BCUT2D eigenvalue weighted by molar-refractivity contribution is 0.744. The Bertz CT molecular complexity index is 248. The molecule has 0 aliphatic heterocycles. The van der Waals surface area contributed by atoms with Crippen LogP contribution in [0.25, 0.3) is 0 Å². The van der Waals surface area contributed by atoms with Crippen LogP contribution in [0.3, 0.4) is 0 Å². The van der Waals surface area contributed by atoms with Gasteiger partial charge in [-0.2, -0.15) is 0 Å². The maximum Gasteiger partial charge on any atom is 0.0736 e. The molecule has 1 aromatic rings. The summed E-state index contributed by atoms with van der Waals surface area (Å²) in [5, 5.41) is 3.28. The first kappa shape index (κ1) is 9.84. The van der Waals surface area contributed by atoms with Crippen LogP contribution in [0.5, 0.6) is 0 Å². The van der Waals surface area contributed by atoms with E-state index in [1.807, 2.05) is 6.07 Å². The van der Waals surface area contributed by atoms with Gasteiger partial charge in [-0.15, -0.1) is 0 Å². The smallest absolute Gasteiger partial charge is 0.0736 e. The van der Waals surface area contributed by atoms with Crippen LogP contribution in [0.4, 0.5) is 11.4 Å².